The molecule has 0 saturated carbocycles. The van der Waals surface area contributed by atoms with Gasteiger partial charge >= 0.3 is 5.97 Å². The first-order chi connectivity index (χ1) is 16.2. The van der Waals surface area contributed by atoms with Gasteiger partial charge in [0.25, 0.3) is 0 Å². The second kappa shape index (κ2) is 9.27. The fourth-order valence-electron chi connectivity index (χ4n) is 3.50. The number of carbonyl (C=O) groups is 1. The molecule has 0 amide bonds. The van der Waals surface area contributed by atoms with Crippen molar-refractivity contribution in [2.45, 2.75) is 13.2 Å². The number of rotatable bonds is 6. The van der Waals surface area contributed by atoms with Crippen LogP contribution in [0.2, 0.25) is 5.02 Å². The van der Waals surface area contributed by atoms with Crippen molar-refractivity contribution in [3.63, 3.8) is 0 Å². The maximum absolute atomic E-state index is 12.5. The molecule has 5 rings (SSSR count). The number of hydrogen-bond donors (Lipinski definition) is 0. The lowest BCUT2D eigenvalue weighted by molar-refractivity contribution is 0.0468. The van der Waals surface area contributed by atoms with Crippen molar-refractivity contribution in [2.75, 3.05) is 0 Å². The van der Waals surface area contributed by atoms with Crippen molar-refractivity contribution in [1.29, 1.82) is 0 Å². The number of aromatic nitrogens is 2. The van der Waals surface area contributed by atoms with Crippen LogP contribution in [0.15, 0.2) is 91.0 Å². The largest absolute Gasteiger partial charge is 0.486 e. The summed E-state index contributed by atoms with van der Waals surface area (Å²) in [7, 11) is 0. The van der Waals surface area contributed by atoms with Crippen molar-refractivity contribution in [3.8, 4) is 5.75 Å². The second-order valence-corrected chi connectivity index (χ2v) is 7.91. The first kappa shape index (κ1) is 20.9. The van der Waals surface area contributed by atoms with Crippen LogP contribution in [0.5, 0.6) is 5.75 Å². The van der Waals surface area contributed by atoms with E-state index in [1.54, 1.807) is 18.2 Å². The topological polar surface area (TPSA) is 61.3 Å². The summed E-state index contributed by atoms with van der Waals surface area (Å²) in [6.07, 6.45) is 0. The number of halogens is 1. The summed E-state index contributed by atoms with van der Waals surface area (Å²) in [6.45, 7) is 0.342. The normalized spacial score (nSPS) is 10.9. The highest BCUT2D eigenvalue weighted by Crippen LogP contribution is 2.27. The number of hydrogen-bond acceptors (Lipinski definition) is 5. The van der Waals surface area contributed by atoms with Crippen LogP contribution in [-0.4, -0.2) is 15.9 Å². The number of carbonyl (C=O) groups excluding carboxylic acids is 1. The molecule has 5 aromatic rings. The van der Waals surface area contributed by atoms with Crippen molar-refractivity contribution in [1.82, 2.24) is 9.97 Å². The molecule has 0 atom stereocenters. The van der Waals surface area contributed by atoms with Crippen LogP contribution in [0.1, 0.15) is 21.7 Å². The Labute approximate surface area is 195 Å². The first-order valence-corrected chi connectivity index (χ1v) is 10.8. The molecule has 6 heteroatoms. The molecule has 2 heterocycles. The average Bonchev–Trinajstić information content (AvgIpc) is 2.86. The van der Waals surface area contributed by atoms with E-state index < -0.39 is 5.97 Å². The predicted molar refractivity (Wildman–Crippen MR) is 128 cm³/mol. The number of fused-ring (bicyclic) bond motifs is 2. The van der Waals surface area contributed by atoms with Gasteiger partial charge in [0.05, 0.1) is 33.0 Å². The number of esters is 1. The highest BCUT2D eigenvalue weighted by atomic mass is 35.5. The molecule has 2 aromatic heterocycles. The molecule has 0 aliphatic carbocycles. The zero-order valence-electron chi connectivity index (χ0n) is 17.6. The van der Waals surface area contributed by atoms with E-state index in [1.807, 2.05) is 72.8 Å². The Balaban J connectivity index is 1.22. The molecular formula is C27H19ClN2O3. The minimum atomic E-state index is -0.477. The maximum Gasteiger partial charge on any atom is 0.338 e. The van der Waals surface area contributed by atoms with Gasteiger partial charge in [-0.3, -0.25) is 0 Å². The predicted octanol–water partition coefficient (Wildman–Crippen LogP) is 6.37. The number of benzene rings is 3. The summed E-state index contributed by atoms with van der Waals surface area (Å²) in [5, 5.41) is 2.43. The Bertz CT molecular complexity index is 1470. The third-order valence-corrected chi connectivity index (χ3v) is 5.50. The van der Waals surface area contributed by atoms with Crippen LogP contribution < -0.4 is 4.74 Å². The average molecular weight is 455 g/mol. The number of ether oxygens (including phenoxy) is 2. The molecule has 0 aliphatic heterocycles. The standard InChI is InChI=1S/C27H19ClN2O3/c28-23-15-20(27(31)33-17-22-13-10-19-6-2-4-8-25(19)30-22)11-14-26(23)32-16-21-12-9-18-5-1-3-7-24(18)29-21/h1-15H,16-17H2. The van der Waals surface area contributed by atoms with E-state index in [1.165, 1.54) is 0 Å². The highest BCUT2D eigenvalue weighted by Gasteiger charge is 2.12. The Kier molecular flexibility index (Phi) is 5.87. The molecule has 33 heavy (non-hydrogen) atoms. The first-order valence-electron chi connectivity index (χ1n) is 10.4. The van der Waals surface area contributed by atoms with Crippen LogP contribution in [0.25, 0.3) is 21.8 Å². The van der Waals surface area contributed by atoms with E-state index in [0.29, 0.717) is 22.0 Å². The minimum absolute atomic E-state index is 0.0766. The summed E-state index contributed by atoms with van der Waals surface area (Å²) >= 11 is 6.35. The lowest BCUT2D eigenvalue weighted by atomic mass is 10.2. The molecule has 162 valence electrons. The van der Waals surface area contributed by atoms with Crippen LogP contribution >= 0.6 is 11.6 Å². The molecule has 0 aliphatic rings. The zero-order chi connectivity index (χ0) is 22.6. The molecule has 0 bridgehead atoms. The van der Waals surface area contributed by atoms with Gasteiger partial charge in [-0.1, -0.05) is 60.1 Å². The van der Waals surface area contributed by atoms with E-state index in [4.69, 9.17) is 21.1 Å². The maximum atomic E-state index is 12.5. The van der Waals surface area contributed by atoms with E-state index >= 15 is 0 Å². The summed E-state index contributed by atoms with van der Waals surface area (Å²) < 4.78 is 11.2. The Morgan fingerprint density at radius 3 is 1.97 bits per heavy atom. The van der Waals surface area contributed by atoms with Crippen LogP contribution in [0.3, 0.4) is 0 Å². The quantitative estimate of drug-likeness (QED) is 0.279. The number of para-hydroxylation sites is 2. The fraction of sp³-hybridized carbons (Fsp3) is 0.0741. The Morgan fingerprint density at radius 2 is 1.33 bits per heavy atom. The van der Waals surface area contributed by atoms with Crippen molar-refractivity contribution in [3.05, 3.63) is 113 Å². The number of pyridine rings is 2. The second-order valence-electron chi connectivity index (χ2n) is 7.50. The molecule has 0 N–H and O–H groups in total. The van der Waals surface area contributed by atoms with E-state index in [9.17, 15) is 4.79 Å². The zero-order valence-corrected chi connectivity index (χ0v) is 18.3. The Hall–Kier alpha value is -3.96. The SMILES string of the molecule is O=C(OCc1ccc2ccccc2n1)c1ccc(OCc2ccc3ccccc3n2)c(Cl)c1. The van der Waals surface area contributed by atoms with Gasteiger partial charge in [0.2, 0.25) is 0 Å². The summed E-state index contributed by atoms with van der Waals surface area (Å²) in [6, 6.07) is 28.2. The van der Waals surface area contributed by atoms with Gasteiger partial charge in [-0.15, -0.1) is 0 Å². The monoisotopic (exact) mass is 454 g/mol. The van der Waals surface area contributed by atoms with Crippen molar-refractivity contribution in [2.24, 2.45) is 0 Å². The van der Waals surface area contributed by atoms with Crippen molar-refractivity contribution >= 4 is 39.4 Å². The van der Waals surface area contributed by atoms with Crippen molar-refractivity contribution < 1.29 is 14.3 Å². The third kappa shape index (κ3) is 4.78. The fourth-order valence-corrected chi connectivity index (χ4v) is 3.73. The van der Waals surface area contributed by atoms with Crippen LogP contribution in [0.4, 0.5) is 0 Å². The molecule has 0 radical (unpaired) electrons. The highest BCUT2D eigenvalue weighted by molar-refractivity contribution is 6.32. The van der Waals surface area contributed by atoms with Gasteiger partial charge in [-0.05, 0) is 42.5 Å². The van der Waals surface area contributed by atoms with Gasteiger partial charge in [0.15, 0.2) is 0 Å². The molecule has 0 fully saturated rings. The molecular weight excluding hydrogens is 436 g/mol. The summed E-state index contributed by atoms with van der Waals surface area (Å²) in [5.41, 5.74) is 3.57. The minimum Gasteiger partial charge on any atom is -0.486 e. The third-order valence-electron chi connectivity index (χ3n) is 5.21. The van der Waals surface area contributed by atoms with E-state index in [-0.39, 0.29) is 13.2 Å². The van der Waals surface area contributed by atoms with Crippen LogP contribution in [-0.2, 0) is 18.0 Å². The summed E-state index contributed by atoms with van der Waals surface area (Å²) in [5.74, 6) is -0.00558. The Morgan fingerprint density at radius 1 is 0.727 bits per heavy atom. The molecule has 5 nitrogen and oxygen atoms in total. The van der Waals surface area contributed by atoms with E-state index in [2.05, 4.69) is 9.97 Å². The van der Waals surface area contributed by atoms with Gasteiger partial charge < -0.3 is 9.47 Å². The molecule has 0 saturated heterocycles. The lowest BCUT2D eigenvalue weighted by Crippen LogP contribution is -2.06. The van der Waals surface area contributed by atoms with Gasteiger partial charge in [0, 0.05) is 10.8 Å². The molecule has 3 aromatic carbocycles. The van der Waals surface area contributed by atoms with Crippen LogP contribution in [0, 0.1) is 0 Å². The summed E-state index contributed by atoms with van der Waals surface area (Å²) in [4.78, 5) is 21.6. The number of nitrogens with zero attached hydrogens (tertiary/aromatic N) is 2. The smallest absolute Gasteiger partial charge is 0.338 e. The van der Waals surface area contributed by atoms with E-state index in [0.717, 1.165) is 27.5 Å². The molecule has 0 spiro atoms. The van der Waals surface area contributed by atoms with Gasteiger partial charge in [0.1, 0.15) is 19.0 Å². The van der Waals surface area contributed by atoms with Gasteiger partial charge in [-0.2, -0.15) is 0 Å². The van der Waals surface area contributed by atoms with Gasteiger partial charge in [-0.25, -0.2) is 14.8 Å². The molecule has 0 unspecified atom stereocenters. The lowest BCUT2D eigenvalue weighted by Gasteiger charge is -2.10.